The van der Waals surface area contributed by atoms with Crippen LogP contribution in [-0.4, -0.2) is 15.3 Å². The molecule has 0 saturated heterocycles. The van der Waals surface area contributed by atoms with Gasteiger partial charge in [-0.1, -0.05) is 30.8 Å². The molecule has 2 heterocycles. The first-order valence-corrected chi connectivity index (χ1v) is 10.5. The van der Waals surface area contributed by atoms with Gasteiger partial charge in [0.1, 0.15) is 10.6 Å². The number of hydrogen-bond donors (Lipinski definition) is 0. The topological polar surface area (TPSA) is 34.9 Å². The maximum atomic E-state index is 14.4. The van der Waals surface area contributed by atoms with Crippen molar-refractivity contribution < 1.29 is 4.39 Å². The lowest BCUT2D eigenvalue weighted by molar-refractivity contribution is 0.608. The molecule has 0 fully saturated rings. The summed E-state index contributed by atoms with van der Waals surface area (Å²) in [4.78, 5) is 20.2. The van der Waals surface area contributed by atoms with Crippen LogP contribution in [0, 0.1) is 5.82 Å². The highest BCUT2D eigenvalue weighted by atomic mass is 32.2. The maximum Gasteiger partial charge on any atom is 0.267 e. The minimum Gasteiger partial charge on any atom is -0.268 e. The Bertz CT molecular complexity index is 993. The van der Waals surface area contributed by atoms with Gasteiger partial charge in [-0.2, -0.15) is 0 Å². The van der Waals surface area contributed by atoms with Gasteiger partial charge in [-0.25, -0.2) is 9.37 Å². The van der Waals surface area contributed by atoms with Gasteiger partial charge in [0.2, 0.25) is 0 Å². The zero-order valence-corrected chi connectivity index (χ0v) is 15.7. The number of para-hydroxylation sites is 1. The normalized spacial score (nSPS) is 14.0. The first-order valence-electron chi connectivity index (χ1n) is 8.65. The van der Waals surface area contributed by atoms with Gasteiger partial charge in [0.05, 0.1) is 11.1 Å². The van der Waals surface area contributed by atoms with Crippen LogP contribution in [0.4, 0.5) is 4.39 Å². The van der Waals surface area contributed by atoms with Gasteiger partial charge in [0, 0.05) is 10.6 Å². The molecule has 6 heteroatoms. The van der Waals surface area contributed by atoms with E-state index in [0.717, 1.165) is 41.8 Å². The number of hydrogen-bond acceptors (Lipinski definition) is 4. The number of thiophene rings is 1. The molecule has 0 amide bonds. The highest BCUT2D eigenvalue weighted by molar-refractivity contribution is 7.99. The quantitative estimate of drug-likeness (QED) is 0.478. The summed E-state index contributed by atoms with van der Waals surface area (Å²) < 4.78 is 15.9. The van der Waals surface area contributed by atoms with Crippen molar-refractivity contribution in [3.63, 3.8) is 0 Å². The molecule has 0 spiro atoms. The lowest BCUT2D eigenvalue weighted by Gasteiger charge is -2.14. The first kappa shape index (κ1) is 16.8. The average molecular weight is 375 g/mol. The van der Waals surface area contributed by atoms with Gasteiger partial charge in [-0.15, -0.1) is 11.3 Å². The van der Waals surface area contributed by atoms with E-state index >= 15 is 0 Å². The molecule has 3 nitrogen and oxygen atoms in total. The van der Waals surface area contributed by atoms with Crippen LogP contribution in [0.3, 0.4) is 0 Å². The summed E-state index contributed by atoms with van der Waals surface area (Å²) >= 11 is 3.16. The second kappa shape index (κ2) is 6.92. The van der Waals surface area contributed by atoms with E-state index in [1.807, 2.05) is 0 Å². The number of fused-ring (bicyclic) bond motifs is 3. The van der Waals surface area contributed by atoms with E-state index in [0.29, 0.717) is 10.5 Å². The van der Waals surface area contributed by atoms with Crippen molar-refractivity contribution in [3.05, 3.63) is 50.9 Å². The van der Waals surface area contributed by atoms with Crippen LogP contribution in [0.15, 0.2) is 34.2 Å². The molecule has 0 atom stereocenters. The van der Waals surface area contributed by atoms with Crippen LogP contribution < -0.4 is 5.56 Å². The van der Waals surface area contributed by atoms with Gasteiger partial charge in [0.25, 0.3) is 5.56 Å². The summed E-state index contributed by atoms with van der Waals surface area (Å²) in [7, 11) is 0. The van der Waals surface area contributed by atoms with Crippen LogP contribution in [0.1, 0.15) is 36.6 Å². The van der Waals surface area contributed by atoms with Crippen LogP contribution in [0.2, 0.25) is 0 Å². The van der Waals surface area contributed by atoms with Crippen LogP contribution in [-0.2, 0) is 12.8 Å². The molecular formula is C19H19FN2OS2. The van der Waals surface area contributed by atoms with E-state index in [1.165, 1.54) is 33.7 Å². The fourth-order valence-electron chi connectivity index (χ4n) is 3.32. The summed E-state index contributed by atoms with van der Waals surface area (Å²) in [5.74, 6) is 0.450. The van der Waals surface area contributed by atoms with E-state index in [4.69, 9.17) is 4.98 Å². The summed E-state index contributed by atoms with van der Waals surface area (Å²) in [6.07, 6.45) is 5.18. The molecule has 0 saturated carbocycles. The molecule has 25 heavy (non-hydrogen) atoms. The van der Waals surface area contributed by atoms with E-state index in [9.17, 15) is 9.18 Å². The monoisotopic (exact) mass is 374 g/mol. The van der Waals surface area contributed by atoms with E-state index in [2.05, 4.69) is 6.92 Å². The molecule has 1 aliphatic rings. The van der Waals surface area contributed by atoms with Crippen molar-refractivity contribution >= 4 is 33.3 Å². The third-order valence-corrected chi connectivity index (χ3v) is 6.82. The van der Waals surface area contributed by atoms with Gasteiger partial charge < -0.3 is 0 Å². The summed E-state index contributed by atoms with van der Waals surface area (Å²) in [6.45, 7) is 2.08. The molecule has 3 aromatic rings. The number of rotatable bonds is 4. The molecule has 0 N–H and O–H groups in total. The Morgan fingerprint density at radius 3 is 2.88 bits per heavy atom. The van der Waals surface area contributed by atoms with Crippen LogP contribution in [0.25, 0.3) is 15.9 Å². The predicted molar refractivity (Wildman–Crippen MR) is 103 cm³/mol. The van der Waals surface area contributed by atoms with Gasteiger partial charge in [-0.3, -0.25) is 9.36 Å². The minimum absolute atomic E-state index is 0.131. The number of nitrogens with zero attached hydrogens (tertiary/aromatic N) is 2. The zero-order chi connectivity index (χ0) is 17.4. The number of benzene rings is 1. The van der Waals surface area contributed by atoms with Gasteiger partial charge >= 0.3 is 0 Å². The van der Waals surface area contributed by atoms with Crippen molar-refractivity contribution in [2.24, 2.45) is 0 Å². The average Bonchev–Trinajstić information content (AvgIpc) is 2.99. The number of aromatic nitrogens is 2. The predicted octanol–water partition coefficient (Wildman–Crippen LogP) is 4.97. The van der Waals surface area contributed by atoms with Crippen molar-refractivity contribution in [1.29, 1.82) is 0 Å². The van der Waals surface area contributed by atoms with Gasteiger partial charge in [-0.05, 0) is 49.8 Å². The van der Waals surface area contributed by atoms with Crippen molar-refractivity contribution in [2.75, 3.05) is 5.75 Å². The molecule has 2 aromatic heterocycles. The molecule has 1 aliphatic carbocycles. The van der Waals surface area contributed by atoms with Crippen LogP contribution >= 0.6 is 23.1 Å². The summed E-state index contributed by atoms with van der Waals surface area (Å²) in [5.41, 5.74) is 1.30. The Morgan fingerprint density at radius 1 is 1.28 bits per heavy atom. The molecule has 0 radical (unpaired) electrons. The molecule has 4 rings (SSSR count). The summed E-state index contributed by atoms with van der Waals surface area (Å²) in [5, 5.41) is 1.28. The highest BCUT2D eigenvalue weighted by Gasteiger charge is 2.23. The van der Waals surface area contributed by atoms with Crippen molar-refractivity contribution in [1.82, 2.24) is 9.55 Å². The van der Waals surface area contributed by atoms with Crippen molar-refractivity contribution in [3.8, 4) is 5.69 Å². The number of thioether (sulfide) groups is 1. The molecule has 0 unspecified atom stereocenters. The number of aryl methyl sites for hydroxylation is 2. The highest BCUT2D eigenvalue weighted by Crippen LogP contribution is 2.35. The lowest BCUT2D eigenvalue weighted by atomic mass is 9.97. The largest absolute Gasteiger partial charge is 0.268 e. The fraction of sp³-hybridized carbons (Fsp3) is 0.368. The minimum atomic E-state index is -0.395. The second-order valence-corrected chi connectivity index (χ2v) is 8.37. The van der Waals surface area contributed by atoms with E-state index < -0.39 is 5.82 Å². The standard InChI is InChI=1S/C19H19FN2OS2/c1-2-11-24-19-21-17-16(12-7-3-6-10-15(12)25-17)18(23)22(19)14-9-5-4-8-13(14)20/h4-5,8-9H,2-3,6-7,10-11H2,1H3. The maximum absolute atomic E-state index is 14.4. The summed E-state index contributed by atoms with van der Waals surface area (Å²) in [6, 6.07) is 6.44. The fourth-order valence-corrected chi connectivity index (χ4v) is 5.48. The van der Waals surface area contributed by atoms with Gasteiger partial charge in [0.15, 0.2) is 5.16 Å². The Labute approximate surface area is 153 Å². The Balaban J connectivity index is 2.03. The van der Waals surface area contributed by atoms with Crippen LogP contribution in [0.5, 0.6) is 0 Å². The SMILES string of the molecule is CCCSc1nc2sc3c(c2c(=O)n1-c1ccccc1F)CCCC3. The third kappa shape index (κ3) is 2.91. The Kier molecular flexibility index (Phi) is 4.65. The zero-order valence-electron chi connectivity index (χ0n) is 14.0. The Morgan fingerprint density at radius 2 is 2.08 bits per heavy atom. The first-order chi connectivity index (χ1) is 12.2. The number of halogens is 1. The molecular weight excluding hydrogens is 355 g/mol. The van der Waals surface area contributed by atoms with Crippen molar-refractivity contribution in [2.45, 2.75) is 44.2 Å². The molecule has 0 bridgehead atoms. The second-order valence-electron chi connectivity index (χ2n) is 6.23. The molecule has 130 valence electrons. The Hall–Kier alpha value is -1.66. The van der Waals surface area contributed by atoms with E-state index in [-0.39, 0.29) is 11.2 Å². The smallest absolute Gasteiger partial charge is 0.267 e. The third-order valence-electron chi connectivity index (χ3n) is 4.49. The lowest BCUT2D eigenvalue weighted by Crippen LogP contribution is -2.23. The van der Waals surface area contributed by atoms with E-state index in [1.54, 1.807) is 29.5 Å². The molecule has 0 aliphatic heterocycles. The molecule has 1 aromatic carbocycles.